The standard InChI is InChI=1S/C9H16F3NO/c10-9(11,12)7-14-6-2-5-8(13)3-1-4-8/h1-7,13H2. The molecular weight excluding hydrogens is 195 g/mol. The molecule has 84 valence electrons. The first-order valence-electron chi connectivity index (χ1n) is 4.85. The Hall–Kier alpha value is -0.290. The van der Waals surface area contributed by atoms with Gasteiger partial charge in [-0.1, -0.05) is 0 Å². The van der Waals surface area contributed by atoms with Gasteiger partial charge >= 0.3 is 6.18 Å². The van der Waals surface area contributed by atoms with E-state index in [-0.39, 0.29) is 12.1 Å². The average molecular weight is 211 g/mol. The minimum absolute atomic E-state index is 0.110. The molecule has 0 amide bonds. The van der Waals surface area contributed by atoms with Crippen molar-refractivity contribution in [1.29, 1.82) is 0 Å². The van der Waals surface area contributed by atoms with Crippen LogP contribution in [0.2, 0.25) is 0 Å². The van der Waals surface area contributed by atoms with E-state index in [0.29, 0.717) is 6.42 Å². The molecule has 0 spiro atoms. The van der Waals surface area contributed by atoms with Gasteiger partial charge in [-0.3, -0.25) is 0 Å². The fraction of sp³-hybridized carbons (Fsp3) is 1.00. The summed E-state index contributed by atoms with van der Waals surface area (Å²) in [7, 11) is 0. The predicted molar refractivity (Wildman–Crippen MR) is 46.9 cm³/mol. The number of hydrogen-bond donors (Lipinski definition) is 1. The molecule has 0 aromatic heterocycles. The van der Waals surface area contributed by atoms with Crippen LogP contribution in [0.4, 0.5) is 13.2 Å². The van der Waals surface area contributed by atoms with Gasteiger partial charge in [0.1, 0.15) is 6.61 Å². The SMILES string of the molecule is NC1(CCCOCC(F)(F)F)CCC1. The van der Waals surface area contributed by atoms with Crippen LogP contribution in [-0.2, 0) is 4.74 Å². The first-order chi connectivity index (χ1) is 6.41. The molecule has 5 heteroatoms. The summed E-state index contributed by atoms with van der Waals surface area (Å²) in [6.45, 7) is -0.997. The van der Waals surface area contributed by atoms with Gasteiger partial charge in [0.2, 0.25) is 0 Å². The molecule has 0 heterocycles. The number of alkyl halides is 3. The van der Waals surface area contributed by atoms with Crippen LogP contribution in [0.5, 0.6) is 0 Å². The Labute approximate surface area is 81.6 Å². The smallest absolute Gasteiger partial charge is 0.372 e. The van der Waals surface area contributed by atoms with E-state index in [1.807, 2.05) is 0 Å². The lowest BCUT2D eigenvalue weighted by Crippen LogP contribution is -2.46. The van der Waals surface area contributed by atoms with Gasteiger partial charge < -0.3 is 10.5 Å². The lowest BCUT2D eigenvalue weighted by molar-refractivity contribution is -0.174. The quantitative estimate of drug-likeness (QED) is 0.708. The van der Waals surface area contributed by atoms with Gasteiger partial charge in [-0.15, -0.1) is 0 Å². The van der Waals surface area contributed by atoms with E-state index in [0.717, 1.165) is 25.7 Å². The van der Waals surface area contributed by atoms with Gasteiger partial charge in [0.15, 0.2) is 0 Å². The minimum atomic E-state index is -4.21. The molecule has 0 atom stereocenters. The molecular formula is C9H16F3NO. The Kier molecular flexibility index (Phi) is 3.78. The Morgan fingerprint density at radius 1 is 1.29 bits per heavy atom. The van der Waals surface area contributed by atoms with Crippen LogP contribution < -0.4 is 5.73 Å². The lowest BCUT2D eigenvalue weighted by atomic mass is 9.75. The van der Waals surface area contributed by atoms with E-state index < -0.39 is 12.8 Å². The fourth-order valence-corrected chi connectivity index (χ4v) is 1.60. The normalized spacial score (nSPS) is 20.6. The van der Waals surface area contributed by atoms with E-state index in [4.69, 9.17) is 5.73 Å². The summed E-state index contributed by atoms with van der Waals surface area (Å²) in [4.78, 5) is 0. The molecule has 0 aromatic carbocycles. The van der Waals surface area contributed by atoms with E-state index in [9.17, 15) is 13.2 Å². The monoisotopic (exact) mass is 211 g/mol. The first-order valence-corrected chi connectivity index (χ1v) is 4.85. The summed E-state index contributed by atoms with van der Waals surface area (Å²) in [5, 5.41) is 0. The Bertz CT molecular complexity index is 177. The highest BCUT2D eigenvalue weighted by molar-refractivity contribution is 4.91. The van der Waals surface area contributed by atoms with Crippen LogP contribution in [-0.4, -0.2) is 24.9 Å². The highest BCUT2D eigenvalue weighted by Gasteiger charge is 2.32. The zero-order valence-corrected chi connectivity index (χ0v) is 8.07. The molecule has 0 radical (unpaired) electrons. The van der Waals surface area contributed by atoms with Crippen LogP contribution in [0.1, 0.15) is 32.1 Å². The summed E-state index contributed by atoms with van der Waals surface area (Å²) in [6, 6.07) is 0. The van der Waals surface area contributed by atoms with Crippen molar-refractivity contribution in [1.82, 2.24) is 0 Å². The summed E-state index contributed by atoms with van der Waals surface area (Å²) < 4.78 is 39.4. The number of ether oxygens (including phenoxy) is 1. The van der Waals surface area contributed by atoms with E-state index in [1.165, 1.54) is 0 Å². The molecule has 0 aromatic rings. The van der Waals surface area contributed by atoms with Crippen molar-refractivity contribution in [2.24, 2.45) is 5.73 Å². The minimum Gasteiger partial charge on any atom is -0.372 e. The number of rotatable bonds is 5. The van der Waals surface area contributed by atoms with Crippen LogP contribution >= 0.6 is 0 Å². The van der Waals surface area contributed by atoms with Gasteiger partial charge in [-0.2, -0.15) is 13.2 Å². The molecule has 1 saturated carbocycles. The van der Waals surface area contributed by atoms with Crippen molar-refractivity contribution in [3.8, 4) is 0 Å². The van der Waals surface area contributed by atoms with Gasteiger partial charge in [-0.05, 0) is 32.1 Å². The van der Waals surface area contributed by atoms with Crippen molar-refractivity contribution in [2.75, 3.05) is 13.2 Å². The van der Waals surface area contributed by atoms with Crippen molar-refractivity contribution in [3.63, 3.8) is 0 Å². The third kappa shape index (κ3) is 4.28. The van der Waals surface area contributed by atoms with Crippen molar-refractivity contribution in [2.45, 2.75) is 43.8 Å². The van der Waals surface area contributed by atoms with Crippen molar-refractivity contribution >= 4 is 0 Å². The van der Waals surface area contributed by atoms with E-state index in [1.54, 1.807) is 0 Å². The molecule has 1 fully saturated rings. The van der Waals surface area contributed by atoms with Crippen LogP contribution in [0.3, 0.4) is 0 Å². The molecule has 0 bridgehead atoms. The zero-order chi connectivity index (χ0) is 10.7. The second-order valence-electron chi connectivity index (χ2n) is 3.99. The molecule has 0 unspecified atom stereocenters. The maximum Gasteiger partial charge on any atom is 0.411 e. The van der Waals surface area contributed by atoms with Crippen molar-refractivity contribution in [3.05, 3.63) is 0 Å². The Morgan fingerprint density at radius 2 is 1.93 bits per heavy atom. The Balaban J connectivity index is 1.94. The maximum atomic E-state index is 11.6. The second kappa shape index (κ2) is 4.49. The van der Waals surface area contributed by atoms with Gasteiger partial charge in [0, 0.05) is 12.1 Å². The first kappa shape index (κ1) is 11.8. The highest BCUT2D eigenvalue weighted by Crippen LogP contribution is 2.33. The molecule has 2 nitrogen and oxygen atoms in total. The molecule has 1 aliphatic carbocycles. The third-order valence-corrected chi connectivity index (χ3v) is 2.58. The highest BCUT2D eigenvalue weighted by atomic mass is 19.4. The summed E-state index contributed by atoms with van der Waals surface area (Å²) in [6.07, 6.45) is 0.298. The lowest BCUT2D eigenvalue weighted by Gasteiger charge is -2.38. The van der Waals surface area contributed by atoms with E-state index in [2.05, 4.69) is 4.74 Å². The molecule has 0 saturated heterocycles. The number of nitrogens with two attached hydrogens (primary N) is 1. The van der Waals surface area contributed by atoms with Crippen LogP contribution in [0.25, 0.3) is 0 Å². The fourth-order valence-electron chi connectivity index (χ4n) is 1.60. The summed E-state index contributed by atoms with van der Waals surface area (Å²) in [5.41, 5.74) is 5.78. The second-order valence-corrected chi connectivity index (χ2v) is 3.99. The maximum absolute atomic E-state index is 11.6. The number of hydrogen-bond acceptors (Lipinski definition) is 2. The summed E-state index contributed by atoms with van der Waals surface area (Å²) >= 11 is 0. The van der Waals surface area contributed by atoms with Crippen LogP contribution in [0, 0.1) is 0 Å². The average Bonchev–Trinajstić information content (AvgIpc) is 1.98. The Morgan fingerprint density at radius 3 is 2.36 bits per heavy atom. The van der Waals surface area contributed by atoms with Gasteiger partial charge in [-0.25, -0.2) is 0 Å². The molecule has 0 aliphatic heterocycles. The molecule has 1 aliphatic rings. The molecule has 1 rings (SSSR count). The molecule has 14 heavy (non-hydrogen) atoms. The summed E-state index contributed by atoms with van der Waals surface area (Å²) in [5.74, 6) is 0. The molecule has 2 N–H and O–H groups in total. The number of halogens is 3. The third-order valence-electron chi connectivity index (χ3n) is 2.58. The van der Waals surface area contributed by atoms with Crippen molar-refractivity contribution < 1.29 is 17.9 Å². The van der Waals surface area contributed by atoms with E-state index >= 15 is 0 Å². The zero-order valence-electron chi connectivity index (χ0n) is 8.07. The van der Waals surface area contributed by atoms with Crippen LogP contribution in [0.15, 0.2) is 0 Å². The van der Waals surface area contributed by atoms with Gasteiger partial charge in [0.05, 0.1) is 0 Å². The van der Waals surface area contributed by atoms with Gasteiger partial charge in [0.25, 0.3) is 0 Å². The largest absolute Gasteiger partial charge is 0.411 e. The predicted octanol–water partition coefficient (Wildman–Crippen LogP) is 2.23. The topological polar surface area (TPSA) is 35.2 Å².